The molecule has 1 N–H and O–H groups in total. The van der Waals surface area contributed by atoms with E-state index >= 15 is 0 Å². The van der Waals surface area contributed by atoms with Gasteiger partial charge in [-0.25, -0.2) is 0 Å². The van der Waals surface area contributed by atoms with Crippen LogP contribution in [0.4, 0.5) is 0 Å². The van der Waals surface area contributed by atoms with Gasteiger partial charge in [0.1, 0.15) is 0 Å². The van der Waals surface area contributed by atoms with Crippen molar-refractivity contribution in [1.29, 1.82) is 0 Å². The number of methoxy groups -OCH3 is 1. The second-order valence-electron chi connectivity index (χ2n) is 7.60. The Bertz CT molecular complexity index is 289. The van der Waals surface area contributed by atoms with Gasteiger partial charge in [-0.15, -0.1) is 0 Å². The van der Waals surface area contributed by atoms with Crippen LogP contribution in [0.5, 0.6) is 0 Å². The fourth-order valence-corrected chi connectivity index (χ4v) is 3.95. The molecule has 1 saturated carbocycles. The molecule has 0 aromatic heterocycles. The normalized spacial score (nSPS) is 29.8. The molecule has 2 saturated heterocycles. The van der Waals surface area contributed by atoms with Gasteiger partial charge in [-0.1, -0.05) is 13.8 Å². The third kappa shape index (κ3) is 7.38. The fourth-order valence-electron chi connectivity index (χ4n) is 3.95. The van der Waals surface area contributed by atoms with Gasteiger partial charge in [0, 0.05) is 38.8 Å². The maximum atomic E-state index is 4.99. The van der Waals surface area contributed by atoms with Crippen LogP contribution in [0.2, 0.25) is 0 Å². The highest BCUT2D eigenvalue weighted by Gasteiger charge is 2.29. The smallest absolute Gasteiger partial charge is 0.0571 e. The number of nitrogens with one attached hydrogen (secondary N) is 1. The Labute approximate surface area is 151 Å². The van der Waals surface area contributed by atoms with Crippen LogP contribution in [-0.4, -0.2) is 74.9 Å². The lowest BCUT2D eigenvalue weighted by Gasteiger charge is -2.45. The summed E-state index contributed by atoms with van der Waals surface area (Å²) in [5.41, 5.74) is 0. The average Bonchev–Trinajstić information content (AvgIpc) is 2.53. The first-order valence-electron chi connectivity index (χ1n) is 10.3. The van der Waals surface area contributed by atoms with Crippen LogP contribution >= 0.6 is 0 Å². The summed E-state index contributed by atoms with van der Waals surface area (Å²) in [6.07, 6.45) is 7.30. The quantitative estimate of drug-likeness (QED) is 0.853. The molecule has 0 spiro atoms. The van der Waals surface area contributed by atoms with Crippen molar-refractivity contribution in [2.24, 2.45) is 5.92 Å². The van der Waals surface area contributed by atoms with E-state index in [-0.39, 0.29) is 0 Å². The summed E-state index contributed by atoms with van der Waals surface area (Å²) in [4.78, 5) is 5.20. The summed E-state index contributed by atoms with van der Waals surface area (Å²) in [6.45, 7) is 15.0. The van der Waals surface area contributed by atoms with E-state index in [0.717, 1.165) is 18.0 Å². The van der Waals surface area contributed by atoms with Crippen LogP contribution in [0.25, 0.3) is 0 Å². The van der Waals surface area contributed by atoms with Gasteiger partial charge in [0.2, 0.25) is 0 Å². The Hall–Kier alpha value is -0.160. The van der Waals surface area contributed by atoms with Crippen molar-refractivity contribution in [2.45, 2.75) is 78.0 Å². The summed E-state index contributed by atoms with van der Waals surface area (Å²) in [7, 11) is 4.03. The molecule has 1 aliphatic carbocycles. The molecule has 2 aliphatic heterocycles. The number of piperidine rings is 1. The van der Waals surface area contributed by atoms with E-state index in [1.807, 2.05) is 13.8 Å². The molecule has 144 valence electrons. The van der Waals surface area contributed by atoms with Gasteiger partial charge in [-0.05, 0) is 72.0 Å². The second-order valence-corrected chi connectivity index (χ2v) is 7.60. The Morgan fingerprint density at radius 2 is 1.50 bits per heavy atom. The zero-order chi connectivity index (χ0) is 17.9. The van der Waals surface area contributed by atoms with Crippen molar-refractivity contribution in [3.05, 3.63) is 0 Å². The van der Waals surface area contributed by atoms with Gasteiger partial charge in [0.05, 0.1) is 6.10 Å². The van der Waals surface area contributed by atoms with Crippen LogP contribution in [-0.2, 0) is 4.74 Å². The molecule has 0 radical (unpaired) electrons. The molecular formula is C20H43N3O. The van der Waals surface area contributed by atoms with E-state index in [1.54, 1.807) is 7.11 Å². The van der Waals surface area contributed by atoms with E-state index in [4.69, 9.17) is 4.74 Å². The monoisotopic (exact) mass is 341 g/mol. The van der Waals surface area contributed by atoms with Crippen LogP contribution in [0.1, 0.15) is 59.8 Å². The molecule has 0 amide bonds. The van der Waals surface area contributed by atoms with Gasteiger partial charge < -0.3 is 15.0 Å². The third-order valence-corrected chi connectivity index (χ3v) is 5.60. The highest BCUT2D eigenvalue weighted by atomic mass is 16.5. The average molecular weight is 342 g/mol. The van der Waals surface area contributed by atoms with Gasteiger partial charge in [0.15, 0.2) is 0 Å². The number of rotatable bonds is 3. The molecule has 3 fully saturated rings. The maximum absolute atomic E-state index is 4.99. The van der Waals surface area contributed by atoms with Gasteiger partial charge in [-0.2, -0.15) is 0 Å². The van der Waals surface area contributed by atoms with Crippen LogP contribution in [0, 0.1) is 5.92 Å². The number of likely N-dealkylation sites (N-methyl/N-ethyl adjacent to an activating group) is 1. The summed E-state index contributed by atoms with van der Waals surface area (Å²) >= 11 is 0. The van der Waals surface area contributed by atoms with Crippen LogP contribution in [0.3, 0.4) is 0 Å². The van der Waals surface area contributed by atoms with E-state index in [0.29, 0.717) is 6.10 Å². The summed E-state index contributed by atoms with van der Waals surface area (Å²) in [6, 6.07) is 1.45. The molecular weight excluding hydrogens is 298 g/mol. The predicted molar refractivity (Wildman–Crippen MR) is 105 cm³/mol. The Balaban J connectivity index is 0.000000300. The van der Waals surface area contributed by atoms with E-state index in [1.165, 1.54) is 64.8 Å². The fraction of sp³-hybridized carbons (Fsp3) is 1.00. The molecule has 2 atom stereocenters. The topological polar surface area (TPSA) is 27.7 Å². The maximum Gasteiger partial charge on any atom is 0.0571 e. The SMILES string of the molecule is CC.CC1CN(C)CC(C)N1CC1CCNCC1.COC1CCC1. The first-order chi connectivity index (χ1) is 11.6. The van der Waals surface area contributed by atoms with Crippen molar-refractivity contribution in [3.63, 3.8) is 0 Å². The lowest BCUT2D eigenvalue weighted by atomic mass is 9.95. The van der Waals surface area contributed by atoms with E-state index in [9.17, 15) is 0 Å². The molecule has 0 aromatic rings. The minimum atomic E-state index is 0.616. The van der Waals surface area contributed by atoms with E-state index in [2.05, 4.69) is 36.0 Å². The van der Waals surface area contributed by atoms with E-state index < -0.39 is 0 Å². The highest BCUT2D eigenvalue weighted by Crippen LogP contribution is 2.21. The van der Waals surface area contributed by atoms with Gasteiger partial charge in [0.25, 0.3) is 0 Å². The number of ether oxygens (including phenoxy) is 1. The largest absolute Gasteiger partial charge is 0.381 e. The lowest BCUT2D eigenvalue weighted by molar-refractivity contribution is 0.0353. The van der Waals surface area contributed by atoms with Crippen molar-refractivity contribution in [2.75, 3.05) is 46.9 Å². The van der Waals surface area contributed by atoms with Crippen LogP contribution < -0.4 is 5.32 Å². The summed E-state index contributed by atoms with van der Waals surface area (Å²) in [5, 5.41) is 3.45. The molecule has 3 aliphatic rings. The molecule has 2 unspecified atom stereocenters. The first kappa shape index (κ1) is 21.9. The Morgan fingerprint density at radius 1 is 0.958 bits per heavy atom. The summed E-state index contributed by atoms with van der Waals surface area (Å²) < 4.78 is 4.99. The van der Waals surface area contributed by atoms with Gasteiger partial charge >= 0.3 is 0 Å². The standard InChI is InChI=1S/C13H27N3.C5H10O.C2H6/c1-11-8-15(3)9-12(2)16(11)10-13-4-6-14-7-5-13;1-6-5-3-2-4-5;1-2/h11-14H,4-10H2,1-3H3;5H,2-4H2,1H3;1-2H3. The first-order valence-corrected chi connectivity index (χ1v) is 10.3. The molecule has 2 heterocycles. The number of hydrogen-bond donors (Lipinski definition) is 1. The van der Waals surface area contributed by atoms with Crippen molar-refractivity contribution in [1.82, 2.24) is 15.1 Å². The second kappa shape index (κ2) is 12.2. The minimum absolute atomic E-state index is 0.616. The zero-order valence-corrected chi connectivity index (χ0v) is 17.2. The number of piperazine rings is 1. The third-order valence-electron chi connectivity index (χ3n) is 5.60. The Kier molecular flexibility index (Phi) is 11.2. The van der Waals surface area contributed by atoms with Crippen molar-refractivity contribution >= 4 is 0 Å². The minimum Gasteiger partial charge on any atom is -0.381 e. The number of nitrogens with zero attached hydrogens (tertiary/aromatic N) is 2. The number of hydrogen-bond acceptors (Lipinski definition) is 4. The lowest BCUT2D eigenvalue weighted by Crippen LogP contribution is -2.56. The highest BCUT2D eigenvalue weighted by molar-refractivity contribution is 4.85. The molecule has 0 bridgehead atoms. The molecule has 24 heavy (non-hydrogen) atoms. The van der Waals surface area contributed by atoms with Crippen molar-refractivity contribution < 1.29 is 4.74 Å². The van der Waals surface area contributed by atoms with Crippen molar-refractivity contribution in [3.8, 4) is 0 Å². The van der Waals surface area contributed by atoms with Gasteiger partial charge in [-0.3, -0.25) is 4.90 Å². The molecule has 4 heteroatoms. The molecule has 4 nitrogen and oxygen atoms in total. The molecule has 0 aromatic carbocycles. The molecule has 3 rings (SSSR count). The zero-order valence-electron chi connectivity index (χ0n) is 17.2. The summed E-state index contributed by atoms with van der Waals surface area (Å²) in [5.74, 6) is 0.926. The Morgan fingerprint density at radius 3 is 1.88 bits per heavy atom. The van der Waals surface area contributed by atoms with Crippen LogP contribution in [0.15, 0.2) is 0 Å². The predicted octanol–water partition coefficient (Wildman–Crippen LogP) is 3.22.